The van der Waals surface area contributed by atoms with E-state index in [9.17, 15) is 8.42 Å². The van der Waals surface area contributed by atoms with E-state index in [1.165, 1.54) is 0 Å². The lowest BCUT2D eigenvalue weighted by Crippen LogP contribution is -2.28. The summed E-state index contributed by atoms with van der Waals surface area (Å²) in [7, 11) is -3.21. The normalized spacial score (nSPS) is 11.7. The minimum atomic E-state index is -3.21. The van der Waals surface area contributed by atoms with E-state index in [0.29, 0.717) is 11.4 Å². The minimum Gasteiger partial charge on any atom is -0.317 e. The molecule has 108 valence electrons. The predicted molar refractivity (Wildman–Crippen MR) is 79.9 cm³/mol. The second-order valence-corrected chi connectivity index (χ2v) is 6.74. The number of halogens is 1. The molecular weight excluding hydrogens is 284 g/mol. The quantitative estimate of drug-likeness (QED) is 0.687. The van der Waals surface area contributed by atoms with Crippen LogP contribution in [0.3, 0.4) is 0 Å². The largest absolute Gasteiger partial charge is 0.317 e. The maximum atomic E-state index is 11.7. The molecule has 0 saturated carbocycles. The van der Waals surface area contributed by atoms with Crippen LogP contribution in [0.15, 0.2) is 24.3 Å². The van der Waals surface area contributed by atoms with Crippen molar-refractivity contribution in [3.8, 4) is 0 Å². The number of rotatable bonds is 9. The highest BCUT2D eigenvalue weighted by Gasteiger charge is 2.09. The molecule has 0 unspecified atom stereocenters. The van der Waals surface area contributed by atoms with Crippen molar-refractivity contribution in [1.29, 1.82) is 0 Å². The molecule has 6 heteroatoms. The molecule has 1 aromatic rings. The molecule has 2 N–H and O–H groups in total. The predicted octanol–water partition coefficient (Wildman–Crippen LogP) is 2.15. The fourth-order valence-corrected chi connectivity index (χ4v) is 2.87. The molecule has 0 aliphatic heterocycles. The van der Waals surface area contributed by atoms with Gasteiger partial charge in [-0.1, -0.05) is 30.7 Å². The summed E-state index contributed by atoms with van der Waals surface area (Å²) in [5.41, 5.74) is 0.861. The fraction of sp³-hybridized carbons (Fsp3) is 0.538. The molecule has 0 amide bonds. The average molecular weight is 305 g/mol. The van der Waals surface area contributed by atoms with Gasteiger partial charge < -0.3 is 5.32 Å². The van der Waals surface area contributed by atoms with E-state index in [1.54, 1.807) is 18.2 Å². The van der Waals surface area contributed by atoms with Crippen LogP contribution in [-0.2, 0) is 16.6 Å². The van der Waals surface area contributed by atoms with E-state index in [1.807, 2.05) is 6.07 Å². The molecule has 1 aromatic carbocycles. The number of benzene rings is 1. The summed E-state index contributed by atoms with van der Waals surface area (Å²) in [5.74, 6) is 0.143. The topological polar surface area (TPSA) is 58.2 Å². The summed E-state index contributed by atoms with van der Waals surface area (Å²) < 4.78 is 26.1. The van der Waals surface area contributed by atoms with Crippen molar-refractivity contribution in [3.63, 3.8) is 0 Å². The van der Waals surface area contributed by atoms with Crippen molar-refractivity contribution < 1.29 is 8.42 Å². The molecule has 0 spiro atoms. The molecule has 0 heterocycles. The molecule has 0 radical (unpaired) electrons. The van der Waals surface area contributed by atoms with Crippen molar-refractivity contribution in [2.24, 2.45) is 0 Å². The summed E-state index contributed by atoms with van der Waals surface area (Å²) in [5, 5.41) is 3.79. The maximum Gasteiger partial charge on any atom is 0.211 e. The summed E-state index contributed by atoms with van der Waals surface area (Å²) in [6.07, 6.45) is 1.67. The number of hydrogen-bond acceptors (Lipinski definition) is 3. The molecule has 0 saturated heterocycles. The first-order chi connectivity index (χ1) is 9.03. The van der Waals surface area contributed by atoms with E-state index < -0.39 is 10.0 Å². The Morgan fingerprint density at radius 1 is 1.26 bits per heavy atom. The van der Waals surface area contributed by atoms with Gasteiger partial charge in [0.1, 0.15) is 0 Å². The zero-order chi connectivity index (χ0) is 14.1. The van der Waals surface area contributed by atoms with Crippen molar-refractivity contribution in [1.82, 2.24) is 10.0 Å². The molecule has 1 rings (SSSR count). The third-order valence-corrected chi connectivity index (χ3v) is 4.22. The van der Waals surface area contributed by atoms with E-state index in [2.05, 4.69) is 17.0 Å². The van der Waals surface area contributed by atoms with Gasteiger partial charge in [-0.15, -0.1) is 0 Å². The summed E-state index contributed by atoms with van der Waals surface area (Å²) in [4.78, 5) is 0. The zero-order valence-corrected chi connectivity index (χ0v) is 12.7. The Kier molecular flexibility index (Phi) is 7.38. The van der Waals surface area contributed by atoms with Gasteiger partial charge in [-0.05, 0) is 43.6 Å². The van der Waals surface area contributed by atoms with Crippen molar-refractivity contribution in [2.75, 3.05) is 18.8 Å². The van der Waals surface area contributed by atoms with Crippen molar-refractivity contribution in [3.05, 3.63) is 34.9 Å². The van der Waals surface area contributed by atoms with Crippen molar-refractivity contribution >= 4 is 21.6 Å². The van der Waals surface area contributed by atoms with Crippen LogP contribution < -0.4 is 10.0 Å². The molecule has 4 nitrogen and oxygen atoms in total. The van der Waals surface area contributed by atoms with Crippen LogP contribution in [0.5, 0.6) is 0 Å². The van der Waals surface area contributed by atoms with Gasteiger partial charge >= 0.3 is 0 Å². The lowest BCUT2D eigenvalue weighted by Gasteiger charge is -2.07. The second kappa shape index (κ2) is 8.53. The van der Waals surface area contributed by atoms with E-state index >= 15 is 0 Å². The number of sulfonamides is 1. The summed E-state index contributed by atoms with van der Waals surface area (Å²) in [6, 6.07) is 7.17. The van der Waals surface area contributed by atoms with Gasteiger partial charge in [-0.25, -0.2) is 13.1 Å². The first-order valence-electron chi connectivity index (χ1n) is 6.46. The Morgan fingerprint density at radius 2 is 2.05 bits per heavy atom. The van der Waals surface area contributed by atoms with Crippen LogP contribution in [0.2, 0.25) is 5.02 Å². The zero-order valence-electron chi connectivity index (χ0n) is 11.2. The third-order valence-electron chi connectivity index (χ3n) is 2.58. The van der Waals surface area contributed by atoms with Crippen LogP contribution in [0.1, 0.15) is 25.3 Å². The lowest BCUT2D eigenvalue weighted by atomic mass is 10.2. The molecule has 0 aromatic heterocycles. The summed E-state index contributed by atoms with van der Waals surface area (Å²) in [6.45, 7) is 4.02. The molecule has 19 heavy (non-hydrogen) atoms. The Balaban J connectivity index is 2.30. The lowest BCUT2D eigenvalue weighted by molar-refractivity contribution is 0.574. The van der Waals surface area contributed by atoms with Crippen LogP contribution >= 0.6 is 11.6 Å². The van der Waals surface area contributed by atoms with Gasteiger partial charge in [-0.3, -0.25) is 0 Å². The molecule has 0 atom stereocenters. The standard InChI is InChI=1S/C13H21ClN2O2S/c1-2-7-15-8-4-9-19(17,18)16-11-12-5-3-6-13(14)10-12/h3,5-6,10,15-16H,2,4,7-9,11H2,1H3. The molecule has 0 fully saturated rings. The van der Waals surface area contributed by atoms with Gasteiger partial charge in [0.05, 0.1) is 5.75 Å². The summed E-state index contributed by atoms with van der Waals surface area (Å²) >= 11 is 5.84. The number of nitrogens with one attached hydrogen (secondary N) is 2. The SMILES string of the molecule is CCCNCCCS(=O)(=O)NCc1cccc(Cl)c1. The highest BCUT2D eigenvalue weighted by Crippen LogP contribution is 2.10. The monoisotopic (exact) mass is 304 g/mol. The Morgan fingerprint density at radius 3 is 2.74 bits per heavy atom. The molecule has 0 aliphatic rings. The van der Waals surface area contributed by atoms with Gasteiger partial charge in [0.25, 0.3) is 0 Å². The Labute approximate surface area is 120 Å². The average Bonchev–Trinajstić information content (AvgIpc) is 2.36. The molecule has 0 bridgehead atoms. The van der Waals surface area contributed by atoms with Gasteiger partial charge in [0, 0.05) is 11.6 Å². The van der Waals surface area contributed by atoms with Crippen LogP contribution in [-0.4, -0.2) is 27.3 Å². The van der Waals surface area contributed by atoms with E-state index in [0.717, 1.165) is 25.1 Å². The van der Waals surface area contributed by atoms with Gasteiger partial charge in [0.2, 0.25) is 10.0 Å². The molecular formula is C13H21ClN2O2S. The van der Waals surface area contributed by atoms with Gasteiger partial charge in [0.15, 0.2) is 0 Å². The Hall–Kier alpha value is -0.620. The first-order valence-corrected chi connectivity index (χ1v) is 8.49. The Bertz CT molecular complexity index is 477. The highest BCUT2D eigenvalue weighted by atomic mass is 35.5. The number of hydrogen-bond donors (Lipinski definition) is 2. The van der Waals surface area contributed by atoms with Crippen LogP contribution in [0.4, 0.5) is 0 Å². The highest BCUT2D eigenvalue weighted by molar-refractivity contribution is 7.89. The smallest absolute Gasteiger partial charge is 0.211 e. The van der Waals surface area contributed by atoms with Crippen LogP contribution in [0, 0.1) is 0 Å². The van der Waals surface area contributed by atoms with E-state index in [4.69, 9.17) is 11.6 Å². The molecule has 0 aliphatic carbocycles. The second-order valence-electron chi connectivity index (χ2n) is 4.37. The van der Waals surface area contributed by atoms with Crippen molar-refractivity contribution in [2.45, 2.75) is 26.3 Å². The van der Waals surface area contributed by atoms with Gasteiger partial charge in [-0.2, -0.15) is 0 Å². The first kappa shape index (κ1) is 16.4. The van der Waals surface area contributed by atoms with Crippen LogP contribution in [0.25, 0.3) is 0 Å². The fourth-order valence-electron chi connectivity index (χ4n) is 1.60. The third kappa shape index (κ3) is 7.52. The maximum absolute atomic E-state index is 11.7. The van der Waals surface area contributed by atoms with E-state index in [-0.39, 0.29) is 12.3 Å². The minimum absolute atomic E-state index is 0.143.